The third kappa shape index (κ3) is 2.82. The molecule has 1 aromatic rings. The largest absolute Gasteiger partial charge is 0.310 e. The lowest BCUT2D eigenvalue weighted by Crippen LogP contribution is -2.19. The van der Waals surface area contributed by atoms with Crippen LogP contribution in [0.3, 0.4) is 0 Å². The summed E-state index contributed by atoms with van der Waals surface area (Å²) in [5.74, 6) is 2.55. The number of hydrogen-bond donors (Lipinski definition) is 1. The van der Waals surface area contributed by atoms with Gasteiger partial charge >= 0.3 is 0 Å². The van der Waals surface area contributed by atoms with Crippen molar-refractivity contribution in [3.63, 3.8) is 0 Å². The van der Waals surface area contributed by atoms with E-state index in [1.165, 1.54) is 30.8 Å². The fourth-order valence-corrected chi connectivity index (χ4v) is 4.71. The maximum atomic E-state index is 3.61. The number of nitrogens with one attached hydrogen (secondary N) is 1. The lowest BCUT2D eigenvalue weighted by Gasteiger charge is -2.14. The van der Waals surface area contributed by atoms with Gasteiger partial charge in [0.1, 0.15) is 0 Å². The van der Waals surface area contributed by atoms with E-state index in [1.54, 1.807) is 15.3 Å². The van der Waals surface area contributed by atoms with Gasteiger partial charge in [0.05, 0.1) is 0 Å². The maximum Gasteiger partial charge on any atom is 0.0414 e. The van der Waals surface area contributed by atoms with E-state index in [9.17, 15) is 0 Å². The van der Waals surface area contributed by atoms with Crippen molar-refractivity contribution in [1.82, 2.24) is 5.32 Å². The van der Waals surface area contributed by atoms with Crippen LogP contribution in [-0.2, 0) is 12.2 Å². The molecule has 1 nitrogen and oxygen atoms in total. The van der Waals surface area contributed by atoms with Crippen molar-refractivity contribution >= 4 is 23.1 Å². The zero-order valence-electron chi connectivity index (χ0n) is 10.2. The third-order valence-electron chi connectivity index (χ3n) is 3.02. The molecule has 1 unspecified atom stereocenters. The molecule has 0 fully saturated rings. The van der Waals surface area contributed by atoms with E-state index in [0.29, 0.717) is 6.04 Å². The standard InChI is InChI=1S/C13H21NS2/c1-3-5-11(14-4-2)13-8-10-9-15-7-6-12(10)16-13/h8,11,14H,3-7,9H2,1-2H3. The molecule has 0 bridgehead atoms. The number of aryl methyl sites for hydroxylation is 1. The van der Waals surface area contributed by atoms with Crippen LogP contribution in [0.5, 0.6) is 0 Å². The fraction of sp³-hybridized carbons (Fsp3) is 0.692. The van der Waals surface area contributed by atoms with Crippen LogP contribution in [0.25, 0.3) is 0 Å². The second-order valence-corrected chi connectivity index (χ2v) is 6.57. The van der Waals surface area contributed by atoms with Crippen LogP contribution in [0, 0.1) is 0 Å². The lowest BCUT2D eigenvalue weighted by atomic mass is 10.1. The quantitative estimate of drug-likeness (QED) is 0.854. The minimum atomic E-state index is 0.593. The summed E-state index contributed by atoms with van der Waals surface area (Å²) in [6, 6.07) is 3.05. The Morgan fingerprint density at radius 2 is 2.31 bits per heavy atom. The molecular formula is C13H21NS2. The van der Waals surface area contributed by atoms with Crippen molar-refractivity contribution in [2.45, 2.75) is 44.9 Å². The number of thiophene rings is 1. The topological polar surface area (TPSA) is 12.0 Å². The predicted octanol–water partition coefficient (Wildman–Crippen LogP) is 3.99. The van der Waals surface area contributed by atoms with Crippen LogP contribution in [-0.4, -0.2) is 12.3 Å². The molecule has 90 valence electrons. The van der Waals surface area contributed by atoms with Gasteiger partial charge in [-0.25, -0.2) is 0 Å². The summed E-state index contributed by atoms with van der Waals surface area (Å²) in [6.45, 7) is 5.54. The van der Waals surface area contributed by atoms with E-state index in [1.807, 2.05) is 11.3 Å². The molecule has 0 saturated heterocycles. The Labute approximate surface area is 107 Å². The Hall–Kier alpha value is 0.01000. The van der Waals surface area contributed by atoms with Crippen molar-refractivity contribution in [3.8, 4) is 0 Å². The monoisotopic (exact) mass is 255 g/mol. The molecule has 0 radical (unpaired) electrons. The molecule has 1 aliphatic heterocycles. The van der Waals surface area contributed by atoms with E-state index >= 15 is 0 Å². The predicted molar refractivity (Wildman–Crippen MR) is 75.5 cm³/mol. The highest BCUT2D eigenvalue weighted by Gasteiger charge is 2.18. The fourth-order valence-electron chi connectivity index (χ4n) is 2.22. The molecule has 2 heterocycles. The van der Waals surface area contributed by atoms with Crippen LogP contribution >= 0.6 is 23.1 Å². The molecule has 2 rings (SSSR count). The van der Waals surface area contributed by atoms with Crippen molar-refractivity contribution in [2.75, 3.05) is 12.3 Å². The molecule has 16 heavy (non-hydrogen) atoms. The minimum absolute atomic E-state index is 0.593. The molecule has 0 saturated carbocycles. The lowest BCUT2D eigenvalue weighted by molar-refractivity contribution is 0.516. The summed E-state index contributed by atoms with van der Waals surface area (Å²) < 4.78 is 0. The van der Waals surface area contributed by atoms with Gasteiger partial charge in [-0.2, -0.15) is 11.8 Å². The van der Waals surface area contributed by atoms with Gasteiger partial charge in [0.25, 0.3) is 0 Å². The van der Waals surface area contributed by atoms with Crippen molar-refractivity contribution in [1.29, 1.82) is 0 Å². The molecule has 0 amide bonds. The van der Waals surface area contributed by atoms with Crippen molar-refractivity contribution < 1.29 is 0 Å². The molecule has 1 N–H and O–H groups in total. The summed E-state index contributed by atoms with van der Waals surface area (Å²) >= 11 is 4.12. The van der Waals surface area contributed by atoms with Crippen LogP contribution in [0.1, 0.15) is 48.0 Å². The first kappa shape index (κ1) is 12.5. The molecule has 0 aromatic carbocycles. The van der Waals surface area contributed by atoms with Crippen LogP contribution in [0.15, 0.2) is 6.07 Å². The Balaban J connectivity index is 2.14. The first-order valence-corrected chi connectivity index (χ1v) is 8.24. The van der Waals surface area contributed by atoms with Crippen LogP contribution in [0.4, 0.5) is 0 Å². The zero-order chi connectivity index (χ0) is 11.4. The molecular weight excluding hydrogens is 234 g/mol. The first-order valence-electron chi connectivity index (χ1n) is 6.27. The summed E-state index contributed by atoms with van der Waals surface area (Å²) in [6.07, 6.45) is 3.81. The SMILES string of the molecule is CCCC(NCC)c1cc2c(s1)CCSC2. The normalized spacial score (nSPS) is 17.1. The van der Waals surface area contributed by atoms with E-state index in [2.05, 4.69) is 37.0 Å². The summed E-state index contributed by atoms with van der Waals surface area (Å²) in [5, 5.41) is 3.61. The Morgan fingerprint density at radius 3 is 3.00 bits per heavy atom. The average Bonchev–Trinajstić information content (AvgIpc) is 2.72. The number of fused-ring (bicyclic) bond motifs is 1. The van der Waals surface area contributed by atoms with Crippen molar-refractivity contribution in [2.24, 2.45) is 0 Å². The van der Waals surface area contributed by atoms with Gasteiger partial charge in [-0.05, 0) is 36.8 Å². The summed E-state index contributed by atoms with van der Waals surface area (Å²) in [7, 11) is 0. The minimum Gasteiger partial charge on any atom is -0.310 e. The van der Waals surface area contributed by atoms with Gasteiger partial charge in [-0.1, -0.05) is 20.3 Å². The molecule has 0 spiro atoms. The van der Waals surface area contributed by atoms with Gasteiger partial charge in [0, 0.05) is 21.5 Å². The molecule has 1 aromatic heterocycles. The zero-order valence-corrected chi connectivity index (χ0v) is 11.8. The second-order valence-electron chi connectivity index (χ2n) is 4.30. The highest BCUT2D eigenvalue weighted by molar-refractivity contribution is 7.98. The van der Waals surface area contributed by atoms with Gasteiger partial charge in [0.2, 0.25) is 0 Å². The molecule has 0 aliphatic carbocycles. The van der Waals surface area contributed by atoms with Gasteiger partial charge in [-0.3, -0.25) is 0 Å². The first-order chi connectivity index (χ1) is 7.85. The summed E-state index contributed by atoms with van der Waals surface area (Å²) in [5.41, 5.74) is 1.61. The average molecular weight is 255 g/mol. The van der Waals surface area contributed by atoms with E-state index < -0.39 is 0 Å². The number of rotatable bonds is 5. The third-order valence-corrected chi connectivity index (χ3v) is 5.38. The Bertz CT molecular complexity index is 303. The van der Waals surface area contributed by atoms with Gasteiger partial charge in [0.15, 0.2) is 0 Å². The van der Waals surface area contributed by atoms with E-state index in [-0.39, 0.29) is 0 Å². The number of hydrogen-bond acceptors (Lipinski definition) is 3. The van der Waals surface area contributed by atoms with Crippen LogP contribution in [0.2, 0.25) is 0 Å². The van der Waals surface area contributed by atoms with Crippen molar-refractivity contribution in [3.05, 3.63) is 21.4 Å². The molecule has 3 heteroatoms. The van der Waals surface area contributed by atoms with Crippen LogP contribution < -0.4 is 5.32 Å². The Kier molecular flexibility index (Phi) is 4.74. The maximum absolute atomic E-state index is 3.61. The second kappa shape index (κ2) is 6.08. The van der Waals surface area contributed by atoms with E-state index in [4.69, 9.17) is 0 Å². The Morgan fingerprint density at radius 1 is 1.44 bits per heavy atom. The van der Waals surface area contributed by atoms with Gasteiger partial charge < -0.3 is 5.32 Å². The van der Waals surface area contributed by atoms with Gasteiger partial charge in [-0.15, -0.1) is 11.3 Å². The van der Waals surface area contributed by atoms with E-state index in [0.717, 1.165) is 6.54 Å². The highest BCUT2D eigenvalue weighted by atomic mass is 32.2. The number of thioether (sulfide) groups is 1. The molecule has 1 aliphatic rings. The smallest absolute Gasteiger partial charge is 0.0414 e. The highest BCUT2D eigenvalue weighted by Crippen LogP contribution is 2.35. The summed E-state index contributed by atoms with van der Waals surface area (Å²) in [4.78, 5) is 3.21. The molecule has 1 atom stereocenters.